The number of nitrogens with one attached hydrogen (secondary N) is 1. The molecule has 0 saturated carbocycles. The molecule has 1 aliphatic heterocycles. The molecule has 3 nitrogen and oxygen atoms in total. The lowest BCUT2D eigenvalue weighted by Gasteiger charge is -2.27. The summed E-state index contributed by atoms with van der Waals surface area (Å²) in [5.74, 6) is -0.342. The van der Waals surface area contributed by atoms with E-state index in [2.05, 4.69) is 5.32 Å². The Morgan fingerprint density at radius 3 is 2.58 bits per heavy atom. The molecule has 1 aliphatic rings. The number of rotatable bonds is 3. The second-order valence-electron chi connectivity index (χ2n) is 3.44. The summed E-state index contributed by atoms with van der Waals surface area (Å²) in [5.41, 5.74) is 0. The van der Waals surface area contributed by atoms with Crippen molar-refractivity contribution in [2.45, 2.75) is 26.2 Å². The van der Waals surface area contributed by atoms with Crippen molar-refractivity contribution in [1.82, 2.24) is 5.32 Å². The van der Waals surface area contributed by atoms with E-state index in [0.717, 1.165) is 32.4 Å². The standard InChI is InChI=1S/C9H17NO2/c1-2-8(9(11)12)7-3-5-10-6-4-7/h7-8,10H,2-6H2,1H3,(H,11,12)/t8-/m0/s1. The third kappa shape index (κ3) is 2.21. The van der Waals surface area contributed by atoms with Crippen molar-refractivity contribution >= 4 is 5.97 Å². The molecule has 1 saturated heterocycles. The average molecular weight is 171 g/mol. The minimum atomic E-state index is -0.621. The van der Waals surface area contributed by atoms with Crippen LogP contribution in [0.3, 0.4) is 0 Å². The van der Waals surface area contributed by atoms with Crippen molar-refractivity contribution in [1.29, 1.82) is 0 Å². The molecule has 2 N–H and O–H groups in total. The Labute approximate surface area is 73.2 Å². The van der Waals surface area contributed by atoms with Gasteiger partial charge in [-0.2, -0.15) is 0 Å². The van der Waals surface area contributed by atoms with Crippen LogP contribution in [0.2, 0.25) is 0 Å². The first-order chi connectivity index (χ1) is 5.75. The van der Waals surface area contributed by atoms with E-state index in [-0.39, 0.29) is 5.92 Å². The summed E-state index contributed by atoms with van der Waals surface area (Å²) in [4.78, 5) is 10.8. The van der Waals surface area contributed by atoms with Crippen molar-refractivity contribution in [3.63, 3.8) is 0 Å². The fourth-order valence-electron chi connectivity index (χ4n) is 1.96. The molecule has 70 valence electrons. The van der Waals surface area contributed by atoms with Gasteiger partial charge in [0.25, 0.3) is 0 Å². The predicted octanol–water partition coefficient (Wildman–Crippen LogP) is 1.10. The minimum absolute atomic E-state index is 0.118. The summed E-state index contributed by atoms with van der Waals surface area (Å²) in [6.45, 7) is 3.92. The molecule has 0 unspecified atom stereocenters. The van der Waals surface area contributed by atoms with Gasteiger partial charge in [0, 0.05) is 0 Å². The Morgan fingerprint density at radius 1 is 1.58 bits per heavy atom. The predicted molar refractivity (Wildman–Crippen MR) is 47.0 cm³/mol. The number of hydrogen-bond donors (Lipinski definition) is 2. The molecule has 12 heavy (non-hydrogen) atoms. The lowest BCUT2D eigenvalue weighted by molar-refractivity contribution is -0.144. The smallest absolute Gasteiger partial charge is 0.306 e. The third-order valence-corrected chi connectivity index (χ3v) is 2.71. The number of carboxylic acid groups (broad SMARTS) is 1. The van der Waals surface area contributed by atoms with Crippen molar-refractivity contribution in [3.05, 3.63) is 0 Å². The van der Waals surface area contributed by atoms with E-state index in [1.807, 2.05) is 6.92 Å². The van der Waals surface area contributed by atoms with Crippen LogP contribution in [-0.4, -0.2) is 24.2 Å². The molecule has 1 heterocycles. The molecule has 0 aromatic heterocycles. The van der Waals surface area contributed by atoms with E-state index >= 15 is 0 Å². The molecular weight excluding hydrogens is 154 g/mol. The van der Waals surface area contributed by atoms with Gasteiger partial charge in [0.15, 0.2) is 0 Å². The summed E-state index contributed by atoms with van der Waals surface area (Å²) in [7, 11) is 0. The van der Waals surface area contributed by atoms with Gasteiger partial charge in [-0.15, -0.1) is 0 Å². The molecule has 0 bridgehead atoms. The zero-order chi connectivity index (χ0) is 8.97. The first-order valence-corrected chi connectivity index (χ1v) is 4.69. The molecule has 0 radical (unpaired) electrons. The van der Waals surface area contributed by atoms with Crippen LogP contribution in [0.25, 0.3) is 0 Å². The molecule has 0 aromatic rings. The van der Waals surface area contributed by atoms with Gasteiger partial charge in [0.1, 0.15) is 0 Å². The second kappa shape index (κ2) is 4.45. The highest BCUT2D eigenvalue weighted by Crippen LogP contribution is 2.24. The van der Waals surface area contributed by atoms with Crippen molar-refractivity contribution in [2.24, 2.45) is 11.8 Å². The van der Waals surface area contributed by atoms with Crippen LogP contribution in [0.5, 0.6) is 0 Å². The van der Waals surface area contributed by atoms with Crippen LogP contribution in [-0.2, 0) is 4.79 Å². The van der Waals surface area contributed by atoms with Crippen LogP contribution in [0.15, 0.2) is 0 Å². The maximum Gasteiger partial charge on any atom is 0.306 e. The maximum absolute atomic E-state index is 10.8. The number of carbonyl (C=O) groups is 1. The molecule has 1 atom stereocenters. The van der Waals surface area contributed by atoms with Crippen LogP contribution >= 0.6 is 0 Å². The van der Waals surface area contributed by atoms with E-state index in [9.17, 15) is 4.79 Å². The van der Waals surface area contributed by atoms with Gasteiger partial charge in [-0.3, -0.25) is 4.79 Å². The number of piperidine rings is 1. The lowest BCUT2D eigenvalue weighted by atomic mass is 9.83. The van der Waals surface area contributed by atoms with Gasteiger partial charge in [-0.05, 0) is 38.3 Å². The number of aliphatic carboxylic acids is 1. The molecule has 0 aliphatic carbocycles. The quantitative estimate of drug-likeness (QED) is 0.668. The average Bonchev–Trinajstić information content (AvgIpc) is 2.07. The Kier molecular flexibility index (Phi) is 3.53. The van der Waals surface area contributed by atoms with Crippen LogP contribution in [0, 0.1) is 11.8 Å². The Bertz CT molecular complexity index is 153. The summed E-state index contributed by atoms with van der Waals surface area (Å²) < 4.78 is 0. The first-order valence-electron chi connectivity index (χ1n) is 4.69. The Morgan fingerprint density at radius 2 is 2.17 bits per heavy atom. The van der Waals surface area contributed by atoms with Gasteiger partial charge in [-0.25, -0.2) is 0 Å². The van der Waals surface area contributed by atoms with E-state index in [1.165, 1.54) is 0 Å². The highest BCUT2D eigenvalue weighted by Gasteiger charge is 2.27. The van der Waals surface area contributed by atoms with Gasteiger partial charge in [-0.1, -0.05) is 6.92 Å². The van der Waals surface area contributed by atoms with Crippen LogP contribution < -0.4 is 5.32 Å². The van der Waals surface area contributed by atoms with Gasteiger partial charge in [0.2, 0.25) is 0 Å². The lowest BCUT2D eigenvalue weighted by Crippen LogP contribution is -2.34. The molecular formula is C9H17NO2. The topological polar surface area (TPSA) is 49.3 Å². The van der Waals surface area contributed by atoms with Crippen molar-refractivity contribution < 1.29 is 9.90 Å². The summed E-state index contributed by atoms with van der Waals surface area (Å²) >= 11 is 0. The van der Waals surface area contributed by atoms with Crippen LogP contribution in [0.4, 0.5) is 0 Å². The summed E-state index contributed by atoms with van der Waals surface area (Å²) in [6.07, 6.45) is 2.80. The highest BCUT2D eigenvalue weighted by molar-refractivity contribution is 5.70. The molecule has 3 heteroatoms. The number of hydrogen-bond acceptors (Lipinski definition) is 2. The number of carboxylic acids is 1. The van der Waals surface area contributed by atoms with Gasteiger partial charge < -0.3 is 10.4 Å². The minimum Gasteiger partial charge on any atom is -0.481 e. The molecule has 0 amide bonds. The Hall–Kier alpha value is -0.570. The van der Waals surface area contributed by atoms with E-state index in [0.29, 0.717) is 5.92 Å². The van der Waals surface area contributed by atoms with Crippen molar-refractivity contribution in [2.75, 3.05) is 13.1 Å². The van der Waals surface area contributed by atoms with Crippen LogP contribution in [0.1, 0.15) is 26.2 Å². The third-order valence-electron chi connectivity index (χ3n) is 2.71. The maximum atomic E-state index is 10.8. The van der Waals surface area contributed by atoms with E-state index in [1.54, 1.807) is 0 Å². The first kappa shape index (κ1) is 9.52. The van der Waals surface area contributed by atoms with E-state index in [4.69, 9.17) is 5.11 Å². The molecule has 0 aromatic carbocycles. The summed E-state index contributed by atoms with van der Waals surface area (Å²) in [6, 6.07) is 0. The van der Waals surface area contributed by atoms with E-state index < -0.39 is 5.97 Å². The normalized spacial score (nSPS) is 22.1. The fraction of sp³-hybridized carbons (Fsp3) is 0.889. The molecule has 0 spiro atoms. The van der Waals surface area contributed by atoms with Gasteiger partial charge in [0.05, 0.1) is 5.92 Å². The SMILES string of the molecule is CC[C@H](C(=O)O)C1CCNCC1. The fourth-order valence-corrected chi connectivity index (χ4v) is 1.96. The van der Waals surface area contributed by atoms with Crippen molar-refractivity contribution in [3.8, 4) is 0 Å². The zero-order valence-electron chi connectivity index (χ0n) is 7.55. The largest absolute Gasteiger partial charge is 0.481 e. The monoisotopic (exact) mass is 171 g/mol. The highest BCUT2D eigenvalue weighted by atomic mass is 16.4. The molecule has 1 fully saturated rings. The molecule has 1 rings (SSSR count). The summed E-state index contributed by atoms with van der Waals surface area (Å²) in [5, 5.41) is 12.1. The zero-order valence-corrected chi connectivity index (χ0v) is 7.55. The second-order valence-corrected chi connectivity index (χ2v) is 3.44. The van der Waals surface area contributed by atoms with Gasteiger partial charge >= 0.3 is 5.97 Å². The Balaban J connectivity index is 2.46.